The van der Waals surface area contributed by atoms with Gasteiger partial charge in [0.15, 0.2) is 0 Å². The number of nitrogens with one attached hydrogen (secondary N) is 1. The zero-order valence-electron chi connectivity index (χ0n) is 8.76. The normalized spacial score (nSPS) is 23.7. The Morgan fingerprint density at radius 2 is 2.19 bits per heavy atom. The van der Waals surface area contributed by atoms with Crippen LogP contribution in [-0.2, 0) is 0 Å². The lowest BCUT2D eigenvalue weighted by Gasteiger charge is -2.14. The molecule has 1 aromatic heterocycles. The number of rotatable bonds is 2. The van der Waals surface area contributed by atoms with Crippen LogP contribution < -0.4 is 5.32 Å². The first-order chi connectivity index (χ1) is 7.81. The molecule has 0 spiro atoms. The Morgan fingerprint density at radius 3 is 2.88 bits per heavy atom. The molecule has 1 fully saturated rings. The van der Waals surface area contributed by atoms with E-state index in [9.17, 15) is 4.79 Å². The molecule has 1 aliphatic carbocycles. The van der Waals surface area contributed by atoms with Gasteiger partial charge in [0.2, 0.25) is 0 Å². The van der Waals surface area contributed by atoms with Gasteiger partial charge in [-0.3, -0.25) is 4.79 Å². The predicted octanol–water partition coefficient (Wildman–Crippen LogP) is 0.899. The molecule has 0 aliphatic heterocycles. The molecule has 0 saturated heterocycles. The Hall–Kier alpha value is -1.96. The van der Waals surface area contributed by atoms with E-state index in [1.807, 2.05) is 0 Å². The molecular formula is C11H12N4O. The van der Waals surface area contributed by atoms with E-state index < -0.39 is 0 Å². The molecule has 1 saturated carbocycles. The second kappa shape index (κ2) is 4.71. The summed E-state index contributed by atoms with van der Waals surface area (Å²) in [5.74, 6) is -0.263. The van der Waals surface area contributed by atoms with E-state index >= 15 is 0 Å². The van der Waals surface area contributed by atoms with Crippen molar-refractivity contribution >= 4 is 5.91 Å². The van der Waals surface area contributed by atoms with Gasteiger partial charge in [-0.1, -0.05) is 0 Å². The molecule has 0 bridgehead atoms. The quantitative estimate of drug-likeness (QED) is 0.796. The molecule has 2 atom stereocenters. The fraction of sp³-hybridized carbons (Fsp3) is 0.455. The van der Waals surface area contributed by atoms with E-state index in [0.717, 1.165) is 19.3 Å². The van der Waals surface area contributed by atoms with Crippen LogP contribution in [0.25, 0.3) is 0 Å². The average molecular weight is 216 g/mol. The minimum Gasteiger partial charge on any atom is -0.348 e. The maximum absolute atomic E-state index is 11.8. The third kappa shape index (κ3) is 2.16. The lowest BCUT2D eigenvalue weighted by atomic mass is 10.1. The Balaban J connectivity index is 2.01. The monoisotopic (exact) mass is 216 g/mol. The summed E-state index contributed by atoms with van der Waals surface area (Å²) in [7, 11) is 0. The van der Waals surface area contributed by atoms with Crippen LogP contribution in [0.4, 0.5) is 0 Å². The third-order valence-corrected chi connectivity index (χ3v) is 2.82. The molecular weight excluding hydrogens is 204 g/mol. The Bertz CT molecular complexity index is 412. The van der Waals surface area contributed by atoms with Crippen molar-refractivity contribution in [1.29, 1.82) is 5.26 Å². The first kappa shape index (κ1) is 10.6. The summed E-state index contributed by atoms with van der Waals surface area (Å²) < 4.78 is 0. The van der Waals surface area contributed by atoms with Crippen LogP contribution in [0.3, 0.4) is 0 Å². The molecule has 2 rings (SSSR count). The van der Waals surface area contributed by atoms with Gasteiger partial charge in [-0.15, -0.1) is 0 Å². The summed E-state index contributed by atoms with van der Waals surface area (Å²) in [4.78, 5) is 19.3. The highest BCUT2D eigenvalue weighted by Crippen LogP contribution is 2.24. The Morgan fingerprint density at radius 1 is 1.44 bits per heavy atom. The van der Waals surface area contributed by atoms with Gasteiger partial charge < -0.3 is 5.32 Å². The highest BCUT2D eigenvalue weighted by Gasteiger charge is 2.28. The smallest absolute Gasteiger partial charge is 0.254 e. The van der Waals surface area contributed by atoms with Gasteiger partial charge in [-0.25, -0.2) is 9.97 Å². The van der Waals surface area contributed by atoms with Crippen molar-refractivity contribution in [3.63, 3.8) is 0 Å². The minimum absolute atomic E-state index is 0.0299. The molecule has 0 aromatic carbocycles. The van der Waals surface area contributed by atoms with Crippen molar-refractivity contribution in [2.45, 2.75) is 25.3 Å². The largest absolute Gasteiger partial charge is 0.348 e. The zero-order chi connectivity index (χ0) is 11.4. The van der Waals surface area contributed by atoms with E-state index in [-0.39, 0.29) is 17.9 Å². The van der Waals surface area contributed by atoms with Gasteiger partial charge in [0.1, 0.15) is 6.33 Å². The van der Waals surface area contributed by atoms with Crippen LogP contribution in [0, 0.1) is 17.2 Å². The second-order valence-corrected chi connectivity index (χ2v) is 3.87. The molecule has 5 heteroatoms. The van der Waals surface area contributed by atoms with Crippen molar-refractivity contribution in [3.8, 4) is 6.07 Å². The molecule has 0 radical (unpaired) electrons. The maximum atomic E-state index is 11.8. The van der Waals surface area contributed by atoms with Crippen molar-refractivity contribution in [2.75, 3.05) is 0 Å². The summed E-state index contributed by atoms with van der Waals surface area (Å²) in [6.45, 7) is 0. The fourth-order valence-corrected chi connectivity index (χ4v) is 1.96. The predicted molar refractivity (Wildman–Crippen MR) is 56.2 cm³/mol. The van der Waals surface area contributed by atoms with Crippen LogP contribution in [0.15, 0.2) is 18.7 Å². The summed E-state index contributed by atoms with van der Waals surface area (Å²) in [6, 6.07) is 2.19. The number of aromatic nitrogens is 2. The summed E-state index contributed by atoms with van der Waals surface area (Å²) in [5, 5.41) is 11.7. The first-order valence-electron chi connectivity index (χ1n) is 5.27. The highest BCUT2D eigenvalue weighted by molar-refractivity contribution is 5.93. The minimum atomic E-state index is -0.201. The number of carbonyl (C=O) groups is 1. The van der Waals surface area contributed by atoms with Crippen LogP contribution in [-0.4, -0.2) is 21.9 Å². The number of nitrogens with zero attached hydrogens (tertiary/aromatic N) is 3. The maximum Gasteiger partial charge on any atom is 0.254 e. The lowest BCUT2D eigenvalue weighted by molar-refractivity contribution is 0.0932. The van der Waals surface area contributed by atoms with Crippen LogP contribution >= 0.6 is 0 Å². The van der Waals surface area contributed by atoms with Gasteiger partial charge in [0.25, 0.3) is 5.91 Å². The van der Waals surface area contributed by atoms with Gasteiger partial charge in [-0.05, 0) is 19.3 Å². The topological polar surface area (TPSA) is 78.7 Å². The molecule has 82 valence electrons. The van der Waals surface area contributed by atoms with Gasteiger partial charge >= 0.3 is 0 Å². The van der Waals surface area contributed by atoms with Crippen molar-refractivity contribution < 1.29 is 4.79 Å². The molecule has 1 heterocycles. The fourth-order valence-electron chi connectivity index (χ4n) is 1.96. The van der Waals surface area contributed by atoms with Crippen molar-refractivity contribution in [3.05, 3.63) is 24.3 Å². The third-order valence-electron chi connectivity index (χ3n) is 2.82. The van der Waals surface area contributed by atoms with Crippen LogP contribution in [0.1, 0.15) is 29.6 Å². The standard InChI is InChI=1S/C11H12N4O/c12-4-8-2-1-3-10(8)15-11(16)9-5-13-7-14-6-9/h5-8,10H,1-3H2,(H,15,16). The Labute approximate surface area is 93.5 Å². The highest BCUT2D eigenvalue weighted by atomic mass is 16.1. The molecule has 1 N–H and O–H groups in total. The van der Waals surface area contributed by atoms with Gasteiger partial charge in [0.05, 0.1) is 17.6 Å². The molecule has 1 amide bonds. The van der Waals surface area contributed by atoms with Gasteiger partial charge in [0, 0.05) is 18.4 Å². The summed E-state index contributed by atoms with van der Waals surface area (Å²) in [5.41, 5.74) is 0.436. The Kier molecular flexibility index (Phi) is 3.10. The molecule has 1 aliphatic rings. The number of nitriles is 1. The van der Waals surface area contributed by atoms with Crippen LogP contribution in [0.5, 0.6) is 0 Å². The van der Waals surface area contributed by atoms with E-state index in [4.69, 9.17) is 5.26 Å². The first-order valence-corrected chi connectivity index (χ1v) is 5.27. The molecule has 2 unspecified atom stereocenters. The summed E-state index contributed by atoms with van der Waals surface area (Å²) >= 11 is 0. The number of hydrogen-bond acceptors (Lipinski definition) is 4. The van der Waals surface area contributed by atoms with E-state index in [1.165, 1.54) is 18.7 Å². The van der Waals surface area contributed by atoms with Gasteiger partial charge in [-0.2, -0.15) is 5.26 Å². The average Bonchev–Trinajstić information content (AvgIpc) is 2.77. The SMILES string of the molecule is N#CC1CCCC1NC(=O)c1cncnc1. The second-order valence-electron chi connectivity index (χ2n) is 3.87. The van der Waals surface area contributed by atoms with E-state index in [2.05, 4.69) is 21.4 Å². The summed E-state index contributed by atoms with van der Waals surface area (Å²) in [6.07, 6.45) is 7.06. The zero-order valence-corrected chi connectivity index (χ0v) is 8.76. The number of amides is 1. The van der Waals surface area contributed by atoms with Crippen molar-refractivity contribution in [1.82, 2.24) is 15.3 Å². The van der Waals surface area contributed by atoms with E-state index in [1.54, 1.807) is 0 Å². The number of hydrogen-bond donors (Lipinski definition) is 1. The molecule has 16 heavy (non-hydrogen) atoms. The van der Waals surface area contributed by atoms with Crippen molar-refractivity contribution in [2.24, 2.45) is 5.92 Å². The lowest BCUT2D eigenvalue weighted by Crippen LogP contribution is -2.36. The van der Waals surface area contributed by atoms with E-state index in [0.29, 0.717) is 5.56 Å². The van der Waals surface area contributed by atoms with Crippen LogP contribution in [0.2, 0.25) is 0 Å². The number of carbonyl (C=O) groups excluding carboxylic acids is 1. The molecule has 5 nitrogen and oxygen atoms in total. The molecule has 1 aromatic rings.